The standard InChI is InChI=1S/C14H10N6O/c1-9-12-10(20-14(18-9)16-8-17-20)5-7-19(13(12)21)11-4-2-3-6-15-11/h2-8H,1H3. The van der Waals surface area contributed by atoms with Gasteiger partial charge in [-0.25, -0.2) is 9.97 Å². The van der Waals surface area contributed by atoms with E-state index >= 15 is 0 Å². The first-order chi connectivity index (χ1) is 10.3. The van der Waals surface area contributed by atoms with Gasteiger partial charge in [-0.15, -0.1) is 0 Å². The van der Waals surface area contributed by atoms with Crippen LogP contribution in [0.5, 0.6) is 0 Å². The van der Waals surface area contributed by atoms with E-state index in [-0.39, 0.29) is 5.56 Å². The summed E-state index contributed by atoms with van der Waals surface area (Å²) in [5, 5.41) is 4.63. The molecule has 4 rings (SSSR count). The van der Waals surface area contributed by atoms with E-state index in [2.05, 4.69) is 20.1 Å². The average molecular weight is 278 g/mol. The third kappa shape index (κ3) is 1.64. The molecule has 102 valence electrons. The fourth-order valence-corrected chi connectivity index (χ4v) is 2.41. The van der Waals surface area contributed by atoms with Crippen molar-refractivity contribution in [2.24, 2.45) is 0 Å². The second-order valence-electron chi connectivity index (χ2n) is 4.61. The number of hydrogen-bond donors (Lipinski definition) is 0. The van der Waals surface area contributed by atoms with E-state index in [1.807, 2.05) is 12.1 Å². The second kappa shape index (κ2) is 4.20. The lowest BCUT2D eigenvalue weighted by Crippen LogP contribution is -2.20. The molecule has 0 aliphatic rings. The Morgan fingerprint density at radius 2 is 2.05 bits per heavy atom. The molecule has 0 saturated heterocycles. The van der Waals surface area contributed by atoms with Crippen LogP contribution in [0.2, 0.25) is 0 Å². The van der Waals surface area contributed by atoms with Crippen LogP contribution in [-0.4, -0.2) is 29.1 Å². The molecule has 0 aromatic carbocycles. The topological polar surface area (TPSA) is 78.0 Å². The monoisotopic (exact) mass is 278 g/mol. The van der Waals surface area contributed by atoms with Crippen LogP contribution in [0.3, 0.4) is 0 Å². The van der Waals surface area contributed by atoms with Crippen molar-refractivity contribution in [2.45, 2.75) is 6.92 Å². The molecule has 0 fully saturated rings. The van der Waals surface area contributed by atoms with Crippen molar-refractivity contribution >= 4 is 16.7 Å². The Hall–Kier alpha value is -3.09. The molecule has 21 heavy (non-hydrogen) atoms. The van der Waals surface area contributed by atoms with Gasteiger partial charge in [0.25, 0.3) is 11.3 Å². The first-order valence-electron chi connectivity index (χ1n) is 6.39. The summed E-state index contributed by atoms with van der Waals surface area (Å²) in [6.07, 6.45) is 4.76. The van der Waals surface area contributed by atoms with Gasteiger partial charge in [0.2, 0.25) is 0 Å². The van der Waals surface area contributed by atoms with Crippen LogP contribution in [0.15, 0.2) is 47.8 Å². The van der Waals surface area contributed by atoms with Crippen LogP contribution in [-0.2, 0) is 0 Å². The fraction of sp³-hybridized carbons (Fsp3) is 0.0714. The van der Waals surface area contributed by atoms with Gasteiger partial charge in [-0.3, -0.25) is 9.36 Å². The van der Waals surface area contributed by atoms with E-state index in [1.165, 1.54) is 10.9 Å². The summed E-state index contributed by atoms with van der Waals surface area (Å²) in [7, 11) is 0. The predicted octanol–water partition coefficient (Wildman–Crippen LogP) is 1.13. The predicted molar refractivity (Wildman–Crippen MR) is 76.4 cm³/mol. The molecule has 0 spiro atoms. The molecular weight excluding hydrogens is 268 g/mol. The maximum absolute atomic E-state index is 12.7. The summed E-state index contributed by atoms with van der Waals surface area (Å²) in [4.78, 5) is 25.3. The Morgan fingerprint density at radius 1 is 1.14 bits per heavy atom. The highest BCUT2D eigenvalue weighted by molar-refractivity contribution is 5.81. The molecule has 4 heterocycles. The third-order valence-electron chi connectivity index (χ3n) is 3.35. The Balaban J connectivity index is 2.15. The van der Waals surface area contributed by atoms with Crippen LogP contribution in [0.4, 0.5) is 0 Å². The summed E-state index contributed by atoms with van der Waals surface area (Å²) < 4.78 is 3.06. The largest absolute Gasteiger partial charge is 0.268 e. The van der Waals surface area contributed by atoms with E-state index in [9.17, 15) is 4.79 Å². The summed E-state index contributed by atoms with van der Waals surface area (Å²) in [5.74, 6) is 1.05. The molecule has 7 heteroatoms. The summed E-state index contributed by atoms with van der Waals surface area (Å²) >= 11 is 0. The molecule has 7 nitrogen and oxygen atoms in total. The van der Waals surface area contributed by atoms with Gasteiger partial charge in [-0.05, 0) is 25.1 Å². The number of nitrogens with zero attached hydrogens (tertiary/aromatic N) is 6. The number of fused-ring (bicyclic) bond motifs is 3. The molecule has 0 saturated carbocycles. The van der Waals surface area contributed by atoms with E-state index in [0.717, 1.165) is 0 Å². The minimum Gasteiger partial charge on any atom is -0.268 e. The molecule has 0 unspecified atom stereocenters. The zero-order valence-corrected chi connectivity index (χ0v) is 11.1. The first-order valence-corrected chi connectivity index (χ1v) is 6.39. The Bertz CT molecular complexity index is 1020. The molecular formula is C14H10N6O. The lowest BCUT2D eigenvalue weighted by Gasteiger charge is -2.08. The van der Waals surface area contributed by atoms with Crippen LogP contribution in [0.25, 0.3) is 22.5 Å². The lowest BCUT2D eigenvalue weighted by atomic mass is 10.2. The van der Waals surface area contributed by atoms with Crippen molar-refractivity contribution in [1.29, 1.82) is 0 Å². The number of aromatic nitrogens is 6. The molecule has 4 aromatic rings. The van der Waals surface area contributed by atoms with Gasteiger partial charge in [0.1, 0.15) is 12.1 Å². The molecule has 0 aliphatic carbocycles. The number of aryl methyl sites for hydroxylation is 1. The van der Waals surface area contributed by atoms with Gasteiger partial charge in [-0.2, -0.15) is 14.6 Å². The minimum atomic E-state index is -0.173. The van der Waals surface area contributed by atoms with E-state index in [1.54, 1.807) is 36.0 Å². The number of hydrogen-bond acceptors (Lipinski definition) is 5. The maximum atomic E-state index is 12.7. The quantitative estimate of drug-likeness (QED) is 0.521. The summed E-state index contributed by atoms with van der Waals surface area (Å²) in [5.41, 5.74) is 1.14. The highest BCUT2D eigenvalue weighted by Crippen LogP contribution is 2.14. The van der Waals surface area contributed by atoms with Gasteiger partial charge >= 0.3 is 0 Å². The van der Waals surface area contributed by atoms with Crippen molar-refractivity contribution in [3.63, 3.8) is 0 Å². The highest BCUT2D eigenvalue weighted by Gasteiger charge is 2.13. The lowest BCUT2D eigenvalue weighted by molar-refractivity contribution is 0.928. The second-order valence-corrected chi connectivity index (χ2v) is 4.61. The van der Waals surface area contributed by atoms with Crippen molar-refractivity contribution in [1.82, 2.24) is 29.1 Å². The Kier molecular flexibility index (Phi) is 2.34. The van der Waals surface area contributed by atoms with Crippen LogP contribution < -0.4 is 5.56 Å². The first kappa shape index (κ1) is 11.7. The van der Waals surface area contributed by atoms with Crippen LogP contribution >= 0.6 is 0 Å². The van der Waals surface area contributed by atoms with Gasteiger partial charge < -0.3 is 0 Å². The van der Waals surface area contributed by atoms with Crippen molar-refractivity contribution in [3.05, 3.63) is 59.0 Å². The van der Waals surface area contributed by atoms with Crippen LogP contribution in [0, 0.1) is 6.92 Å². The molecule has 0 aliphatic heterocycles. The molecule has 0 radical (unpaired) electrons. The summed E-state index contributed by atoms with van der Waals surface area (Å²) in [6, 6.07) is 7.25. The molecule has 0 atom stereocenters. The Labute approximate surface area is 118 Å². The Morgan fingerprint density at radius 3 is 2.86 bits per heavy atom. The van der Waals surface area contributed by atoms with Crippen LogP contribution in [0.1, 0.15) is 5.69 Å². The van der Waals surface area contributed by atoms with Gasteiger partial charge in [0, 0.05) is 12.4 Å². The van der Waals surface area contributed by atoms with E-state index in [4.69, 9.17) is 0 Å². The SMILES string of the molecule is Cc1nc2ncnn2c2ccn(-c3ccccn3)c(=O)c12. The molecule has 0 bridgehead atoms. The zero-order valence-electron chi connectivity index (χ0n) is 11.1. The summed E-state index contributed by atoms with van der Waals surface area (Å²) in [6.45, 7) is 1.79. The van der Waals surface area contributed by atoms with Gasteiger partial charge in [0.05, 0.1) is 16.6 Å². The minimum absolute atomic E-state index is 0.173. The van der Waals surface area contributed by atoms with Gasteiger partial charge in [-0.1, -0.05) is 6.07 Å². The third-order valence-corrected chi connectivity index (χ3v) is 3.35. The normalized spacial score (nSPS) is 11.3. The average Bonchev–Trinajstić information content (AvgIpc) is 2.96. The van der Waals surface area contributed by atoms with Gasteiger partial charge in [0.15, 0.2) is 0 Å². The van der Waals surface area contributed by atoms with E-state index < -0.39 is 0 Å². The maximum Gasteiger partial charge on any atom is 0.267 e. The number of pyridine rings is 2. The molecule has 4 aromatic heterocycles. The van der Waals surface area contributed by atoms with E-state index in [0.29, 0.717) is 28.2 Å². The van der Waals surface area contributed by atoms with Crippen molar-refractivity contribution in [2.75, 3.05) is 0 Å². The number of rotatable bonds is 1. The molecule has 0 amide bonds. The van der Waals surface area contributed by atoms with Crippen molar-refractivity contribution < 1.29 is 0 Å². The zero-order chi connectivity index (χ0) is 14.4. The highest BCUT2D eigenvalue weighted by atomic mass is 16.1. The smallest absolute Gasteiger partial charge is 0.267 e. The van der Waals surface area contributed by atoms with Crippen molar-refractivity contribution in [3.8, 4) is 5.82 Å². The fourth-order valence-electron chi connectivity index (χ4n) is 2.41. The molecule has 0 N–H and O–H groups in total.